The molecular formula is C22H36ClN8O9PSi. The summed E-state index contributed by atoms with van der Waals surface area (Å²) in [7, 11) is -5.09. The molecule has 1 unspecified atom stereocenters. The lowest BCUT2D eigenvalue weighted by molar-refractivity contribution is -0.130. The monoisotopic (exact) mass is 650 g/mol. The fourth-order valence-electron chi connectivity index (χ4n) is 4.41. The van der Waals surface area contributed by atoms with E-state index in [0.717, 1.165) is 6.04 Å². The lowest BCUT2D eigenvalue weighted by Crippen LogP contribution is -2.45. The lowest BCUT2D eigenvalue weighted by Gasteiger charge is -2.34. The van der Waals surface area contributed by atoms with Crippen LogP contribution < -0.4 is 5.32 Å². The molecule has 1 aliphatic rings. The van der Waals surface area contributed by atoms with Gasteiger partial charge in [0.1, 0.15) is 36.5 Å². The lowest BCUT2D eigenvalue weighted by atomic mass is 10.1. The number of aromatic nitrogens is 7. The largest absolute Gasteiger partial charge is 0.387 e. The van der Waals surface area contributed by atoms with Crippen LogP contribution >= 0.6 is 19.2 Å². The van der Waals surface area contributed by atoms with Crippen molar-refractivity contribution in [2.45, 2.75) is 62.1 Å². The van der Waals surface area contributed by atoms with E-state index < -0.39 is 65.2 Å². The van der Waals surface area contributed by atoms with Crippen molar-refractivity contribution < 1.29 is 43.5 Å². The van der Waals surface area contributed by atoms with Crippen LogP contribution in [0.25, 0.3) is 5.52 Å². The number of rotatable bonds is 15. The summed E-state index contributed by atoms with van der Waals surface area (Å²) >= 11 is 6.21. The molecule has 1 saturated heterocycles. The number of halogens is 1. The summed E-state index contributed by atoms with van der Waals surface area (Å²) in [5.41, 5.74) is 0.979. The summed E-state index contributed by atoms with van der Waals surface area (Å²) < 4.78 is 36.1. The van der Waals surface area contributed by atoms with Crippen LogP contribution in [0.3, 0.4) is 0 Å². The molecule has 6 N–H and O–H groups in total. The van der Waals surface area contributed by atoms with Gasteiger partial charge in [-0.15, -0.1) is 15.3 Å². The normalized spacial score (nSPS) is 23.0. The Morgan fingerprint density at radius 2 is 2.00 bits per heavy atom. The molecule has 5 atom stereocenters. The zero-order chi connectivity index (χ0) is 30.7. The van der Waals surface area contributed by atoms with Gasteiger partial charge < -0.3 is 44.3 Å². The predicted octanol–water partition coefficient (Wildman–Crippen LogP) is 0.561. The number of hydrogen-bond donors (Lipinski definition) is 6. The average molecular weight is 651 g/mol. The highest BCUT2D eigenvalue weighted by atomic mass is 35.5. The number of anilines is 1. The maximum Gasteiger partial charge on any atom is 0.361 e. The third-order valence-corrected chi connectivity index (χ3v) is 10.1. The number of nitrogens with zero attached hydrogens (tertiary/aromatic N) is 6. The summed E-state index contributed by atoms with van der Waals surface area (Å²) in [6.07, 6.45) is -5.14. The Hall–Kier alpha value is -2.09. The first-order valence-electron chi connectivity index (χ1n) is 13.0. The molecule has 17 nitrogen and oxygen atoms in total. The number of fused-ring (bicyclic) bond motifs is 1. The number of tetrazole rings is 1. The highest BCUT2D eigenvalue weighted by molar-refractivity contribution is 7.53. The van der Waals surface area contributed by atoms with E-state index in [1.165, 1.54) is 11.6 Å². The van der Waals surface area contributed by atoms with Gasteiger partial charge in [-0.3, -0.25) is 4.57 Å². The summed E-state index contributed by atoms with van der Waals surface area (Å²) in [6.45, 7) is 5.59. The second kappa shape index (κ2) is 13.3. The van der Waals surface area contributed by atoms with E-state index in [2.05, 4.69) is 55.7 Å². The average Bonchev–Trinajstić information content (AvgIpc) is 3.62. The number of aliphatic hydroxyl groups excluding tert-OH is 2. The maximum absolute atomic E-state index is 12.6. The molecule has 0 spiro atoms. The molecule has 4 rings (SSSR count). The quantitative estimate of drug-likeness (QED) is 0.0974. The van der Waals surface area contributed by atoms with Gasteiger partial charge in [-0.25, -0.2) is 4.52 Å². The standard InChI is InChI=1S/C22H36ClN8O9PSi/c1-37-11-22(41(34,35)36,12-38-10-16-26-29-30-27-16)39-9-15-17(32)18(33)19(40-15)13-5-6-14-20(24-7-8-42(2,3)4)25-21(23)28-31(13)14/h5-6,15,17-19,32-33H,7-12H2,1-4H3,(H,24,25,28)(H2,34,35,36)(H,26,27,29,30)/t15-,17-,18-,19+,22?/m1/s1. The van der Waals surface area contributed by atoms with Gasteiger partial charge in [0.05, 0.1) is 25.5 Å². The van der Waals surface area contributed by atoms with Gasteiger partial charge in [0, 0.05) is 21.7 Å². The van der Waals surface area contributed by atoms with Crippen molar-refractivity contribution >= 4 is 38.6 Å². The van der Waals surface area contributed by atoms with Crippen LogP contribution in [0.5, 0.6) is 0 Å². The molecule has 0 radical (unpaired) electrons. The van der Waals surface area contributed by atoms with Gasteiger partial charge >= 0.3 is 7.60 Å². The third kappa shape index (κ3) is 7.51. The molecule has 20 heteroatoms. The predicted molar refractivity (Wildman–Crippen MR) is 151 cm³/mol. The minimum atomic E-state index is -5.03. The van der Waals surface area contributed by atoms with E-state index in [9.17, 15) is 24.6 Å². The van der Waals surface area contributed by atoms with Gasteiger partial charge in [0.25, 0.3) is 0 Å². The maximum atomic E-state index is 12.6. The second-order valence-electron chi connectivity index (χ2n) is 11.2. The summed E-state index contributed by atoms with van der Waals surface area (Å²) in [4.78, 5) is 24.7. The Morgan fingerprint density at radius 3 is 2.64 bits per heavy atom. The van der Waals surface area contributed by atoms with Crippen molar-refractivity contribution in [3.05, 3.63) is 28.9 Å². The highest BCUT2D eigenvalue weighted by Gasteiger charge is 2.52. The number of H-pyrrole nitrogens is 1. The molecule has 0 aromatic carbocycles. The first-order valence-corrected chi connectivity index (χ1v) is 18.7. The van der Waals surface area contributed by atoms with Crippen molar-refractivity contribution in [1.82, 2.24) is 35.2 Å². The smallest absolute Gasteiger partial charge is 0.361 e. The molecule has 3 aromatic heterocycles. The van der Waals surface area contributed by atoms with Gasteiger partial charge in [0.2, 0.25) is 10.6 Å². The van der Waals surface area contributed by atoms with Gasteiger partial charge in [-0.05, 0) is 29.8 Å². The number of nitrogens with one attached hydrogen (secondary N) is 2. The van der Waals surface area contributed by atoms with E-state index in [1.54, 1.807) is 12.1 Å². The Bertz CT molecular complexity index is 1370. The van der Waals surface area contributed by atoms with Crippen LogP contribution in [0.4, 0.5) is 5.82 Å². The zero-order valence-corrected chi connectivity index (χ0v) is 26.2. The molecule has 42 heavy (non-hydrogen) atoms. The van der Waals surface area contributed by atoms with Gasteiger partial charge in [-0.1, -0.05) is 24.9 Å². The van der Waals surface area contributed by atoms with E-state index in [-0.39, 0.29) is 17.7 Å². The van der Waals surface area contributed by atoms with Crippen LogP contribution in [0.2, 0.25) is 31.0 Å². The fraction of sp³-hybridized carbons (Fsp3) is 0.682. The summed E-state index contributed by atoms with van der Waals surface area (Å²) in [6, 6.07) is 4.42. The van der Waals surface area contributed by atoms with Crippen molar-refractivity contribution in [3.8, 4) is 0 Å². The molecule has 0 saturated carbocycles. The van der Waals surface area contributed by atoms with Crippen LogP contribution in [0.1, 0.15) is 17.6 Å². The SMILES string of the molecule is COCC(COCc1nn[nH]n1)(OC[C@H]1O[C@@H](c2ccc3c(NCC[Si](C)(C)C)nc(Cl)nn23)[C@H](O)[C@@H]1O)P(=O)(O)O. The van der Waals surface area contributed by atoms with E-state index >= 15 is 0 Å². The number of aromatic amines is 1. The molecule has 3 aromatic rings. The Morgan fingerprint density at radius 1 is 1.24 bits per heavy atom. The van der Waals surface area contributed by atoms with Crippen molar-refractivity contribution in [2.75, 3.05) is 38.8 Å². The number of methoxy groups -OCH3 is 1. The first kappa shape index (κ1) is 32.8. The minimum Gasteiger partial charge on any atom is -0.387 e. The van der Waals surface area contributed by atoms with Gasteiger partial charge in [-0.2, -0.15) is 10.2 Å². The van der Waals surface area contributed by atoms with Crippen LogP contribution in [0.15, 0.2) is 12.1 Å². The number of hydrogen-bond acceptors (Lipinski definition) is 13. The van der Waals surface area contributed by atoms with Crippen molar-refractivity contribution in [2.24, 2.45) is 0 Å². The van der Waals surface area contributed by atoms with Crippen molar-refractivity contribution in [3.63, 3.8) is 0 Å². The number of ether oxygens (including phenoxy) is 4. The van der Waals surface area contributed by atoms with Crippen LogP contribution in [0, 0.1) is 0 Å². The molecule has 0 amide bonds. The van der Waals surface area contributed by atoms with Crippen LogP contribution in [-0.4, -0.2) is 120 Å². The minimum absolute atomic E-state index is 0.0322. The molecule has 1 fully saturated rings. The van der Waals surface area contributed by atoms with Crippen molar-refractivity contribution in [1.29, 1.82) is 0 Å². The van der Waals surface area contributed by atoms with E-state index in [0.29, 0.717) is 23.6 Å². The molecule has 0 aliphatic carbocycles. The van der Waals surface area contributed by atoms with E-state index in [1.807, 2.05) is 0 Å². The summed E-state index contributed by atoms with van der Waals surface area (Å²) in [5.74, 6) is 0.671. The Labute approximate surface area is 247 Å². The molecule has 4 heterocycles. The van der Waals surface area contributed by atoms with Gasteiger partial charge in [0.15, 0.2) is 11.6 Å². The number of aliphatic hydroxyl groups is 2. The first-order chi connectivity index (χ1) is 19.7. The Kier molecular flexibility index (Phi) is 10.4. The fourth-order valence-corrected chi connectivity index (χ4v) is 6.24. The third-order valence-electron chi connectivity index (χ3n) is 6.70. The highest BCUT2D eigenvalue weighted by Crippen LogP contribution is 2.52. The zero-order valence-electron chi connectivity index (χ0n) is 23.5. The molecular weight excluding hydrogens is 615 g/mol. The molecule has 1 aliphatic heterocycles. The van der Waals surface area contributed by atoms with E-state index in [4.69, 9.17) is 30.5 Å². The molecule has 234 valence electrons. The van der Waals surface area contributed by atoms with Crippen LogP contribution in [-0.2, 0) is 30.1 Å². The molecule has 0 bridgehead atoms. The summed E-state index contributed by atoms with van der Waals surface area (Å²) in [5, 5.41) is 40.1. The Balaban J connectivity index is 1.50. The topological polar surface area (TPSA) is 232 Å². The second-order valence-corrected chi connectivity index (χ2v) is 19.0.